The van der Waals surface area contributed by atoms with Gasteiger partial charge in [0.05, 0.1) is 6.61 Å². The monoisotopic (exact) mass is 241 g/mol. The second kappa shape index (κ2) is 6.41. The molecule has 0 amide bonds. The van der Waals surface area contributed by atoms with Gasteiger partial charge in [0, 0.05) is 18.8 Å². The average Bonchev–Trinajstić information content (AvgIpc) is 2.37. The molecule has 1 aromatic heterocycles. The van der Waals surface area contributed by atoms with Gasteiger partial charge < -0.3 is 20.4 Å². The normalized spacial score (nSPS) is 16.2. The molecule has 17 heavy (non-hydrogen) atoms. The van der Waals surface area contributed by atoms with Crippen LogP contribution in [0.2, 0.25) is 0 Å². The van der Waals surface area contributed by atoms with E-state index in [1.54, 1.807) is 18.3 Å². The summed E-state index contributed by atoms with van der Waals surface area (Å²) < 4.78 is 0. The number of ketones is 1. The molecule has 6 heteroatoms. The first kappa shape index (κ1) is 13.7. The number of aliphatic hydroxyl groups excluding tert-OH is 4. The highest BCUT2D eigenvalue weighted by Crippen LogP contribution is 2.06. The van der Waals surface area contributed by atoms with Crippen LogP contribution >= 0.6 is 0 Å². The second-order valence-corrected chi connectivity index (χ2v) is 3.69. The fourth-order valence-corrected chi connectivity index (χ4v) is 1.32. The zero-order chi connectivity index (χ0) is 12.8. The molecule has 0 aliphatic heterocycles. The number of pyridine rings is 1. The van der Waals surface area contributed by atoms with E-state index in [1.165, 1.54) is 6.20 Å². The van der Waals surface area contributed by atoms with Crippen molar-refractivity contribution in [3.05, 3.63) is 30.1 Å². The number of carbonyl (C=O) groups is 1. The van der Waals surface area contributed by atoms with Crippen LogP contribution in [0.1, 0.15) is 5.56 Å². The third-order valence-corrected chi connectivity index (χ3v) is 2.34. The van der Waals surface area contributed by atoms with Gasteiger partial charge in [-0.05, 0) is 11.6 Å². The minimum absolute atomic E-state index is 0.0930. The van der Waals surface area contributed by atoms with E-state index in [2.05, 4.69) is 4.98 Å². The lowest BCUT2D eigenvalue weighted by atomic mass is 10.00. The van der Waals surface area contributed by atoms with Gasteiger partial charge in [-0.25, -0.2) is 0 Å². The van der Waals surface area contributed by atoms with Crippen molar-refractivity contribution in [3.63, 3.8) is 0 Å². The van der Waals surface area contributed by atoms with Crippen molar-refractivity contribution in [2.75, 3.05) is 6.61 Å². The van der Waals surface area contributed by atoms with Gasteiger partial charge in [-0.2, -0.15) is 0 Å². The average molecular weight is 241 g/mol. The summed E-state index contributed by atoms with van der Waals surface area (Å²) in [5.74, 6) is -0.641. The van der Waals surface area contributed by atoms with E-state index in [4.69, 9.17) is 10.2 Å². The molecule has 4 N–H and O–H groups in total. The number of aromatic nitrogens is 1. The van der Waals surface area contributed by atoms with Gasteiger partial charge in [-0.15, -0.1) is 0 Å². The van der Waals surface area contributed by atoms with Gasteiger partial charge in [0.2, 0.25) is 0 Å². The van der Waals surface area contributed by atoms with Crippen LogP contribution in [0, 0.1) is 0 Å². The lowest BCUT2D eigenvalue weighted by Gasteiger charge is -2.20. The van der Waals surface area contributed by atoms with E-state index in [-0.39, 0.29) is 6.42 Å². The Kier molecular flexibility index (Phi) is 5.17. The molecule has 0 aromatic carbocycles. The largest absolute Gasteiger partial charge is 0.394 e. The molecular weight excluding hydrogens is 226 g/mol. The Labute approximate surface area is 98.2 Å². The van der Waals surface area contributed by atoms with Crippen LogP contribution < -0.4 is 0 Å². The highest BCUT2D eigenvalue weighted by molar-refractivity contribution is 5.85. The molecule has 0 saturated carbocycles. The van der Waals surface area contributed by atoms with E-state index in [0.29, 0.717) is 5.56 Å². The van der Waals surface area contributed by atoms with Gasteiger partial charge in [0.25, 0.3) is 0 Å². The topological polar surface area (TPSA) is 111 Å². The van der Waals surface area contributed by atoms with E-state index < -0.39 is 30.7 Å². The van der Waals surface area contributed by atoms with Crippen LogP contribution in [0.3, 0.4) is 0 Å². The summed E-state index contributed by atoms with van der Waals surface area (Å²) in [6.07, 6.45) is -2.03. The molecule has 0 aliphatic rings. The lowest BCUT2D eigenvalue weighted by Crippen LogP contribution is -2.44. The Balaban J connectivity index is 2.59. The first-order chi connectivity index (χ1) is 8.06. The van der Waals surface area contributed by atoms with Gasteiger partial charge in [-0.1, -0.05) is 6.07 Å². The summed E-state index contributed by atoms with van der Waals surface area (Å²) >= 11 is 0. The lowest BCUT2D eigenvalue weighted by molar-refractivity contribution is -0.139. The third kappa shape index (κ3) is 3.86. The Bertz CT molecular complexity index is 356. The van der Waals surface area contributed by atoms with Crippen molar-refractivity contribution in [3.8, 4) is 0 Å². The summed E-state index contributed by atoms with van der Waals surface area (Å²) in [6, 6.07) is 3.31. The Hall–Kier alpha value is -1.34. The van der Waals surface area contributed by atoms with Gasteiger partial charge in [-0.3, -0.25) is 9.78 Å². The maximum atomic E-state index is 11.5. The predicted octanol–water partition coefficient (Wildman–Crippen LogP) is -1.73. The predicted molar refractivity (Wildman–Crippen MR) is 58.1 cm³/mol. The fourth-order valence-electron chi connectivity index (χ4n) is 1.32. The van der Waals surface area contributed by atoms with Crippen LogP contribution in [0.4, 0.5) is 0 Å². The molecule has 3 atom stereocenters. The minimum Gasteiger partial charge on any atom is -0.394 e. The summed E-state index contributed by atoms with van der Waals surface area (Å²) in [5.41, 5.74) is 0.599. The number of hydrogen-bond donors (Lipinski definition) is 4. The van der Waals surface area contributed by atoms with E-state index in [1.807, 2.05) is 0 Å². The zero-order valence-electron chi connectivity index (χ0n) is 9.10. The van der Waals surface area contributed by atoms with Crippen molar-refractivity contribution in [2.45, 2.75) is 24.7 Å². The number of aliphatic hydroxyl groups is 4. The van der Waals surface area contributed by atoms with Crippen molar-refractivity contribution in [1.29, 1.82) is 0 Å². The van der Waals surface area contributed by atoms with E-state index >= 15 is 0 Å². The number of Topliss-reactive ketones (excluding diaryl/α,β-unsaturated/α-hetero) is 1. The Morgan fingerprint density at radius 1 is 1.35 bits per heavy atom. The summed E-state index contributed by atoms with van der Waals surface area (Å²) in [4.78, 5) is 15.4. The van der Waals surface area contributed by atoms with Crippen LogP contribution in [-0.4, -0.2) is 56.1 Å². The number of nitrogens with zero attached hydrogens (tertiary/aromatic N) is 1. The molecule has 6 nitrogen and oxygen atoms in total. The molecule has 1 rings (SSSR count). The number of rotatable bonds is 6. The second-order valence-electron chi connectivity index (χ2n) is 3.69. The Morgan fingerprint density at radius 2 is 2.06 bits per heavy atom. The van der Waals surface area contributed by atoms with Crippen LogP contribution in [0.15, 0.2) is 24.5 Å². The maximum Gasteiger partial charge on any atom is 0.168 e. The summed E-state index contributed by atoms with van der Waals surface area (Å²) in [7, 11) is 0. The van der Waals surface area contributed by atoms with Crippen molar-refractivity contribution < 1.29 is 25.2 Å². The van der Waals surface area contributed by atoms with E-state index in [9.17, 15) is 15.0 Å². The molecule has 0 fully saturated rings. The summed E-state index contributed by atoms with van der Waals surface area (Å²) in [5, 5.41) is 36.5. The van der Waals surface area contributed by atoms with Crippen molar-refractivity contribution >= 4 is 5.78 Å². The molecule has 0 aliphatic carbocycles. The van der Waals surface area contributed by atoms with Crippen molar-refractivity contribution in [1.82, 2.24) is 4.98 Å². The van der Waals surface area contributed by atoms with Gasteiger partial charge in [0.1, 0.15) is 18.3 Å². The smallest absolute Gasteiger partial charge is 0.168 e. The number of carbonyl (C=O) groups excluding carboxylic acids is 1. The highest BCUT2D eigenvalue weighted by atomic mass is 16.4. The third-order valence-electron chi connectivity index (χ3n) is 2.34. The van der Waals surface area contributed by atoms with Crippen LogP contribution in [-0.2, 0) is 11.2 Å². The van der Waals surface area contributed by atoms with E-state index in [0.717, 1.165) is 0 Å². The molecule has 94 valence electrons. The van der Waals surface area contributed by atoms with Gasteiger partial charge >= 0.3 is 0 Å². The maximum absolute atomic E-state index is 11.5. The van der Waals surface area contributed by atoms with Crippen molar-refractivity contribution in [2.24, 2.45) is 0 Å². The van der Waals surface area contributed by atoms with Crippen LogP contribution in [0.25, 0.3) is 0 Å². The standard InChI is InChI=1S/C11H15NO5/c13-6-9(15)11(17)10(16)8(14)4-7-2-1-3-12-5-7/h1-3,5,9-11,13,15-17H,4,6H2/t9-,10+,11-/m1/s1. The molecule has 1 heterocycles. The number of hydrogen-bond acceptors (Lipinski definition) is 6. The molecule has 0 unspecified atom stereocenters. The quantitative estimate of drug-likeness (QED) is 0.471. The molecule has 0 radical (unpaired) electrons. The SMILES string of the molecule is O=C(Cc1cccnc1)[C@H](O)[C@H](O)[C@H](O)CO. The first-order valence-corrected chi connectivity index (χ1v) is 5.13. The molecule has 0 bridgehead atoms. The molecular formula is C11H15NO5. The summed E-state index contributed by atoms with van der Waals surface area (Å²) in [6.45, 7) is -0.724. The fraction of sp³-hybridized carbons (Fsp3) is 0.455. The van der Waals surface area contributed by atoms with Crippen LogP contribution in [0.5, 0.6) is 0 Å². The molecule has 1 aromatic rings. The minimum atomic E-state index is -1.72. The molecule has 0 saturated heterocycles. The molecule has 0 spiro atoms. The first-order valence-electron chi connectivity index (χ1n) is 5.13. The zero-order valence-corrected chi connectivity index (χ0v) is 9.10. The Morgan fingerprint density at radius 3 is 2.59 bits per heavy atom. The highest BCUT2D eigenvalue weighted by Gasteiger charge is 2.29. The van der Waals surface area contributed by atoms with Gasteiger partial charge in [0.15, 0.2) is 5.78 Å².